The van der Waals surface area contributed by atoms with Crippen molar-refractivity contribution in [1.29, 1.82) is 0 Å². The fourth-order valence-electron chi connectivity index (χ4n) is 1.44. The van der Waals surface area contributed by atoms with Crippen molar-refractivity contribution in [2.75, 3.05) is 11.1 Å². The van der Waals surface area contributed by atoms with Gasteiger partial charge in [-0.25, -0.2) is 18.2 Å². The number of anilines is 2. The van der Waals surface area contributed by atoms with E-state index in [0.29, 0.717) is 12.1 Å². The highest BCUT2D eigenvalue weighted by molar-refractivity contribution is 6.06. The smallest absolute Gasteiger partial charge is 0.276 e. The lowest BCUT2D eigenvalue weighted by Crippen LogP contribution is -2.17. The van der Waals surface area contributed by atoms with E-state index in [4.69, 9.17) is 5.73 Å². The topological polar surface area (TPSA) is 68.0 Å². The van der Waals surface area contributed by atoms with Crippen LogP contribution in [0.25, 0.3) is 0 Å². The van der Waals surface area contributed by atoms with Crippen molar-refractivity contribution in [2.45, 2.75) is 0 Å². The van der Waals surface area contributed by atoms with Gasteiger partial charge in [0.2, 0.25) is 0 Å². The summed E-state index contributed by atoms with van der Waals surface area (Å²) in [4.78, 5) is 15.4. The van der Waals surface area contributed by atoms with Crippen molar-refractivity contribution >= 4 is 17.3 Å². The lowest BCUT2D eigenvalue weighted by atomic mass is 10.2. The number of pyridine rings is 1. The first kappa shape index (κ1) is 12.9. The predicted octanol–water partition coefficient (Wildman–Crippen LogP) is 2.33. The average Bonchev–Trinajstić information content (AvgIpc) is 2.34. The van der Waals surface area contributed by atoms with Gasteiger partial charge in [-0.1, -0.05) is 0 Å². The van der Waals surface area contributed by atoms with Crippen molar-refractivity contribution in [2.24, 2.45) is 0 Å². The zero-order chi connectivity index (χ0) is 14.0. The van der Waals surface area contributed by atoms with Gasteiger partial charge in [-0.05, 0) is 12.1 Å². The van der Waals surface area contributed by atoms with Crippen LogP contribution in [0.15, 0.2) is 30.5 Å². The number of hydrogen-bond donors (Lipinski definition) is 2. The molecule has 0 saturated heterocycles. The molecule has 0 aliphatic heterocycles. The number of carbonyl (C=O) groups is 1. The summed E-state index contributed by atoms with van der Waals surface area (Å²) in [7, 11) is 0. The van der Waals surface area contributed by atoms with Crippen molar-refractivity contribution < 1.29 is 18.0 Å². The first-order chi connectivity index (χ1) is 8.99. The summed E-state index contributed by atoms with van der Waals surface area (Å²) in [5.41, 5.74) is 4.63. The molecule has 1 aromatic heterocycles. The van der Waals surface area contributed by atoms with E-state index in [1.165, 1.54) is 18.3 Å². The second-order valence-electron chi connectivity index (χ2n) is 3.64. The molecule has 0 fully saturated rings. The molecule has 3 N–H and O–H groups in total. The maximum absolute atomic E-state index is 13.3. The van der Waals surface area contributed by atoms with Crippen LogP contribution in [0.2, 0.25) is 0 Å². The van der Waals surface area contributed by atoms with Crippen molar-refractivity contribution in [3.8, 4) is 0 Å². The number of halogens is 3. The Labute approximate surface area is 106 Å². The third kappa shape index (κ3) is 2.65. The number of benzene rings is 1. The van der Waals surface area contributed by atoms with E-state index in [2.05, 4.69) is 4.98 Å². The molecule has 0 unspecified atom stereocenters. The third-order valence-electron chi connectivity index (χ3n) is 2.30. The Hall–Kier alpha value is -2.57. The van der Waals surface area contributed by atoms with Gasteiger partial charge >= 0.3 is 0 Å². The predicted molar refractivity (Wildman–Crippen MR) is 62.9 cm³/mol. The monoisotopic (exact) mass is 267 g/mol. The molecule has 0 spiro atoms. The second kappa shape index (κ2) is 4.97. The first-order valence-electron chi connectivity index (χ1n) is 5.15. The van der Waals surface area contributed by atoms with Crippen LogP contribution in [-0.4, -0.2) is 10.9 Å². The number of rotatable bonds is 2. The van der Waals surface area contributed by atoms with E-state index < -0.39 is 29.0 Å². The van der Waals surface area contributed by atoms with Crippen molar-refractivity contribution in [3.05, 3.63) is 53.6 Å². The number of nitrogens with zero attached hydrogens (tertiary/aromatic N) is 1. The molecule has 0 atom stereocenters. The van der Waals surface area contributed by atoms with Crippen LogP contribution >= 0.6 is 0 Å². The van der Waals surface area contributed by atoms with Crippen LogP contribution in [-0.2, 0) is 0 Å². The van der Waals surface area contributed by atoms with Crippen LogP contribution < -0.4 is 11.1 Å². The summed E-state index contributed by atoms with van der Waals surface area (Å²) in [6.45, 7) is 0. The highest BCUT2D eigenvalue weighted by Crippen LogP contribution is 2.21. The SMILES string of the molecule is Nc1cccnc1C(=O)Nc1c(F)cc(F)cc1F. The Bertz CT molecular complexity index is 623. The van der Waals surface area contributed by atoms with E-state index >= 15 is 0 Å². The van der Waals surface area contributed by atoms with Gasteiger partial charge in [0, 0.05) is 18.3 Å². The molecule has 0 aliphatic rings. The van der Waals surface area contributed by atoms with Crippen molar-refractivity contribution in [1.82, 2.24) is 4.98 Å². The molecule has 2 rings (SSSR count). The molecular weight excluding hydrogens is 259 g/mol. The zero-order valence-corrected chi connectivity index (χ0v) is 9.45. The van der Waals surface area contributed by atoms with Gasteiger partial charge < -0.3 is 11.1 Å². The second-order valence-corrected chi connectivity index (χ2v) is 3.64. The average molecular weight is 267 g/mol. The molecule has 1 aromatic carbocycles. The summed E-state index contributed by atoms with van der Waals surface area (Å²) in [5.74, 6) is -4.41. The number of hydrogen-bond acceptors (Lipinski definition) is 3. The summed E-state index contributed by atoms with van der Waals surface area (Å²) in [5, 5.41) is 1.96. The number of carbonyl (C=O) groups excluding carboxylic acids is 1. The van der Waals surface area contributed by atoms with Crippen LogP contribution in [0.1, 0.15) is 10.5 Å². The minimum absolute atomic E-state index is 0.0583. The van der Waals surface area contributed by atoms with E-state index in [1.807, 2.05) is 5.32 Å². The molecule has 1 amide bonds. The number of nitrogens with one attached hydrogen (secondary N) is 1. The maximum atomic E-state index is 13.3. The standard InChI is InChI=1S/C12H8F3N3O/c13-6-4-7(14)10(8(15)5-6)18-12(19)11-9(16)2-1-3-17-11/h1-5H,16H2,(H,18,19). The molecule has 0 bridgehead atoms. The van der Waals surface area contributed by atoms with E-state index in [1.54, 1.807) is 0 Å². The molecule has 4 nitrogen and oxygen atoms in total. The van der Waals surface area contributed by atoms with Gasteiger partial charge in [-0.2, -0.15) is 0 Å². The highest BCUT2D eigenvalue weighted by atomic mass is 19.1. The lowest BCUT2D eigenvalue weighted by molar-refractivity contribution is 0.102. The van der Waals surface area contributed by atoms with E-state index in [9.17, 15) is 18.0 Å². The van der Waals surface area contributed by atoms with Gasteiger partial charge in [0.15, 0.2) is 17.3 Å². The fourth-order valence-corrected chi connectivity index (χ4v) is 1.44. The Kier molecular flexibility index (Phi) is 3.37. The number of amides is 1. The molecular formula is C12H8F3N3O. The quantitative estimate of drug-likeness (QED) is 0.877. The fraction of sp³-hybridized carbons (Fsp3) is 0. The number of nitrogens with two attached hydrogens (primary N) is 1. The maximum Gasteiger partial charge on any atom is 0.276 e. The third-order valence-corrected chi connectivity index (χ3v) is 2.30. The lowest BCUT2D eigenvalue weighted by Gasteiger charge is -2.08. The molecule has 0 radical (unpaired) electrons. The Morgan fingerprint density at radius 1 is 1.21 bits per heavy atom. The van der Waals surface area contributed by atoms with Gasteiger partial charge in [0.25, 0.3) is 5.91 Å². The van der Waals surface area contributed by atoms with Crippen molar-refractivity contribution in [3.63, 3.8) is 0 Å². The van der Waals surface area contributed by atoms with Crippen LogP contribution in [0.3, 0.4) is 0 Å². The first-order valence-corrected chi connectivity index (χ1v) is 5.15. The highest BCUT2D eigenvalue weighted by Gasteiger charge is 2.17. The largest absolute Gasteiger partial charge is 0.397 e. The molecule has 0 aliphatic carbocycles. The Balaban J connectivity index is 2.32. The Morgan fingerprint density at radius 3 is 2.42 bits per heavy atom. The normalized spacial score (nSPS) is 10.3. The van der Waals surface area contributed by atoms with Crippen LogP contribution in [0.5, 0.6) is 0 Å². The van der Waals surface area contributed by atoms with E-state index in [-0.39, 0.29) is 11.4 Å². The van der Waals surface area contributed by atoms with Crippen LogP contribution in [0.4, 0.5) is 24.5 Å². The van der Waals surface area contributed by atoms with Gasteiger partial charge in [0.1, 0.15) is 11.5 Å². The molecule has 1 heterocycles. The zero-order valence-electron chi connectivity index (χ0n) is 9.45. The summed E-state index contributed by atoms with van der Waals surface area (Å²) < 4.78 is 39.4. The van der Waals surface area contributed by atoms with Gasteiger partial charge in [-0.3, -0.25) is 4.79 Å². The molecule has 19 heavy (non-hydrogen) atoms. The number of nitrogen functional groups attached to an aromatic ring is 1. The Morgan fingerprint density at radius 2 is 1.84 bits per heavy atom. The minimum atomic E-state index is -1.22. The molecule has 0 saturated carbocycles. The van der Waals surface area contributed by atoms with E-state index in [0.717, 1.165) is 0 Å². The molecule has 2 aromatic rings. The summed E-state index contributed by atoms with van der Waals surface area (Å²) in [6.07, 6.45) is 1.31. The molecule has 7 heteroatoms. The minimum Gasteiger partial charge on any atom is -0.397 e. The summed E-state index contributed by atoms with van der Waals surface area (Å²) in [6, 6.07) is 3.84. The van der Waals surface area contributed by atoms with Gasteiger partial charge in [0.05, 0.1) is 5.69 Å². The summed E-state index contributed by atoms with van der Waals surface area (Å²) >= 11 is 0. The molecule has 98 valence electrons. The van der Waals surface area contributed by atoms with Crippen LogP contribution in [0, 0.1) is 17.5 Å². The number of aromatic nitrogens is 1. The van der Waals surface area contributed by atoms with Gasteiger partial charge in [-0.15, -0.1) is 0 Å².